The molecule has 4 aromatic rings. The van der Waals surface area contributed by atoms with Crippen LogP contribution in [0.4, 0.5) is 0 Å². The topological polar surface area (TPSA) is 71.5 Å². The quantitative estimate of drug-likeness (QED) is 0.384. The van der Waals surface area contributed by atoms with Gasteiger partial charge in [-0.25, -0.2) is 0 Å². The molecule has 0 aliphatic carbocycles. The van der Waals surface area contributed by atoms with Crippen LogP contribution in [0.15, 0.2) is 85.1 Å². The number of ether oxygens (including phenoxy) is 1. The van der Waals surface area contributed by atoms with Gasteiger partial charge in [-0.05, 0) is 42.3 Å². The molecule has 0 aliphatic rings. The zero-order chi connectivity index (χ0) is 22.3. The van der Waals surface area contributed by atoms with Gasteiger partial charge in [0.2, 0.25) is 0 Å². The Morgan fingerprint density at radius 2 is 1.75 bits per heavy atom. The second kappa shape index (κ2) is 10.2. The molecule has 5 nitrogen and oxygen atoms in total. The molecular weight excluding hydrogens is 424 g/mol. The number of phenols is 1. The molecule has 1 unspecified atom stereocenters. The summed E-state index contributed by atoms with van der Waals surface area (Å²) in [6, 6.07) is 24.5. The maximum absolute atomic E-state index is 12.3. The molecule has 0 fully saturated rings. The van der Waals surface area contributed by atoms with Crippen molar-refractivity contribution in [2.24, 2.45) is 0 Å². The number of hydrogen-bond acceptors (Lipinski definition) is 4. The van der Waals surface area contributed by atoms with Crippen LogP contribution in [-0.2, 0) is 4.79 Å². The smallest absolute Gasteiger partial charge is 0.257 e. The number of carbonyl (C=O) groups excluding carboxylic acids is 1. The summed E-state index contributed by atoms with van der Waals surface area (Å²) in [5.41, 5.74) is 2.17. The van der Waals surface area contributed by atoms with Crippen LogP contribution in [-0.4, -0.2) is 29.1 Å². The van der Waals surface area contributed by atoms with E-state index < -0.39 is 0 Å². The van der Waals surface area contributed by atoms with E-state index in [1.807, 2.05) is 54.6 Å². The van der Waals surface area contributed by atoms with Crippen LogP contribution >= 0.6 is 11.6 Å². The second-order valence-electron chi connectivity index (χ2n) is 7.40. The number of fused-ring (bicyclic) bond motifs is 1. The molecule has 1 amide bonds. The number of aromatic hydroxyl groups is 1. The molecule has 0 saturated carbocycles. The van der Waals surface area contributed by atoms with Crippen molar-refractivity contribution in [3.63, 3.8) is 0 Å². The van der Waals surface area contributed by atoms with Crippen LogP contribution in [0.2, 0.25) is 5.02 Å². The lowest BCUT2D eigenvalue weighted by molar-refractivity contribution is -0.123. The van der Waals surface area contributed by atoms with Gasteiger partial charge < -0.3 is 15.2 Å². The molecular formula is C26H23ClN2O3. The third-order valence-corrected chi connectivity index (χ3v) is 5.60. The lowest BCUT2D eigenvalue weighted by atomic mass is 9.87. The number of nitrogens with zero attached hydrogens (tertiary/aromatic N) is 1. The first kappa shape index (κ1) is 21.7. The maximum atomic E-state index is 12.3. The highest BCUT2D eigenvalue weighted by molar-refractivity contribution is 6.35. The summed E-state index contributed by atoms with van der Waals surface area (Å²) in [4.78, 5) is 16.6. The summed E-state index contributed by atoms with van der Waals surface area (Å²) in [7, 11) is 0. The van der Waals surface area contributed by atoms with E-state index in [0.29, 0.717) is 40.2 Å². The minimum Gasteiger partial charge on any atom is -0.505 e. The predicted molar refractivity (Wildman–Crippen MR) is 126 cm³/mol. The number of benzene rings is 3. The molecule has 6 heteroatoms. The standard InChI is InChI=1S/C26H23ClN2O3/c27-23-16-22(26(31)25-21(23)12-7-14-29-25)20(18-8-3-1-4-9-18)13-15-28-24(30)17-32-19-10-5-2-6-11-19/h1-12,14,16,20,31H,13,15,17H2,(H,28,30). The van der Waals surface area contributed by atoms with E-state index in [1.165, 1.54) is 0 Å². The minimum atomic E-state index is -0.205. The molecule has 0 spiro atoms. The summed E-state index contributed by atoms with van der Waals surface area (Å²) in [5.74, 6) is 0.379. The van der Waals surface area contributed by atoms with Crippen molar-refractivity contribution in [1.82, 2.24) is 10.3 Å². The predicted octanol–water partition coefficient (Wildman–Crippen LogP) is 5.31. The van der Waals surface area contributed by atoms with Crippen LogP contribution < -0.4 is 10.1 Å². The number of aromatic nitrogens is 1. The Morgan fingerprint density at radius 1 is 1.03 bits per heavy atom. The molecule has 2 N–H and O–H groups in total. The van der Waals surface area contributed by atoms with Crippen molar-refractivity contribution in [3.05, 3.63) is 101 Å². The minimum absolute atomic E-state index is 0.0585. The number of halogens is 1. The molecule has 0 saturated heterocycles. The molecule has 3 aromatic carbocycles. The van der Waals surface area contributed by atoms with Gasteiger partial charge in [0.25, 0.3) is 5.91 Å². The van der Waals surface area contributed by atoms with E-state index in [9.17, 15) is 9.90 Å². The van der Waals surface area contributed by atoms with Crippen LogP contribution in [0.25, 0.3) is 10.9 Å². The normalized spacial score (nSPS) is 11.8. The fraction of sp³-hybridized carbons (Fsp3) is 0.154. The van der Waals surface area contributed by atoms with E-state index in [1.54, 1.807) is 30.5 Å². The second-order valence-corrected chi connectivity index (χ2v) is 7.81. The van der Waals surface area contributed by atoms with Crippen molar-refractivity contribution in [2.45, 2.75) is 12.3 Å². The summed E-state index contributed by atoms with van der Waals surface area (Å²) < 4.78 is 5.50. The average Bonchev–Trinajstić information content (AvgIpc) is 2.84. The number of para-hydroxylation sites is 1. The van der Waals surface area contributed by atoms with Gasteiger partial charge in [0.15, 0.2) is 6.61 Å². The number of amides is 1. The van der Waals surface area contributed by atoms with Gasteiger partial charge in [-0.1, -0.05) is 60.1 Å². The zero-order valence-corrected chi connectivity index (χ0v) is 18.1. The Morgan fingerprint density at radius 3 is 2.50 bits per heavy atom. The molecule has 1 heterocycles. The van der Waals surface area contributed by atoms with E-state index >= 15 is 0 Å². The SMILES string of the molecule is O=C(COc1ccccc1)NCCC(c1ccccc1)c1cc(Cl)c2cccnc2c1O. The van der Waals surface area contributed by atoms with Crippen LogP contribution in [0.5, 0.6) is 11.5 Å². The average molecular weight is 447 g/mol. The first-order chi connectivity index (χ1) is 15.6. The van der Waals surface area contributed by atoms with Gasteiger partial charge in [0, 0.05) is 29.6 Å². The Kier molecular flexibility index (Phi) is 6.87. The number of pyridine rings is 1. The molecule has 32 heavy (non-hydrogen) atoms. The third-order valence-electron chi connectivity index (χ3n) is 5.29. The zero-order valence-electron chi connectivity index (χ0n) is 17.4. The molecule has 1 aromatic heterocycles. The van der Waals surface area contributed by atoms with Crippen molar-refractivity contribution >= 4 is 28.4 Å². The fourth-order valence-corrected chi connectivity index (χ4v) is 4.00. The van der Waals surface area contributed by atoms with Crippen molar-refractivity contribution in [3.8, 4) is 11.5 Å². The Bertz CT molecular complexity index is 1200. The summed E-state index contributed by atoms with van der Waals surface area (Å²) in [6.07, 6.45) is 2.20. The Labute approximate surface area is 191 Å². The molecule has 162 valence electrons. The molecule has 1 atom stereocenters. The van der Waals surface area contributed by atoms with E-state index in [-0.39, 0.29) is 24.2 Å². The molecule has 0 bridgehead atoms. The van der Waals surface area contributed by atoms with Crippen molar-refractivity contribution in [1.29, 1.82) is 0 Å². The van der Waals surface area contributed by atoms with Gasteiger partial charge in [0.1, 0.15) is 17.0 Å². The first-order valence-corrected chi connectivity index (χ1v) is 10.8. The molecule has 0 aliphatic heterocycles. The first-order valence-electron chi connectivity index (χ1n) is 10.4. The summed E-state index contributed by atoms with van der Waals surface area (Å²) in [5, 5.41) is 15.1. The van der Waals surface area contributed by atoms with Crippen LogP contribution in [0, 0.1) is 0 Å². The lowest BCUT2D eigenvalue weighted by Gasteiger charge is -2.21. The highest BCUT2D eigenvalue weighted by Gasteiger charge is 2.21. The molecule has 4 rings (SSSR count). The third kappa shape index (κ3) is 5.01. The number of phenolic OH excluding ortho intramolecular Hbond substituents is 1. The van der Waals surface area contributed by atoms with Crippen LogP contribution in [0.3, 0.4) is 0 Å². The fourth-order valence-electron chi connectivity index (χ4n) is 3.73. The summed E-state index contributed by atoms with van der Waals surface area (Å²) >= 11 is 6.51. The molecule has 0 radical (unpaired) electrons. The highest BCUT2D eigenvalue weighted by atomic mass is 35.5. The van der Waals surface area contributed by atoms with Gasteiger partial charge in [-0.3, -0.25) is 9.78 Å². The number of hydrogen-bond donors (Lipinski definition) is 2. The van der Waals surface area contributed by atoms with E-state index in [4.69, 9.17) is 16.3 Å². The number of rotatable bonds is 8. The van der Waals surface area contributed by atoms with Crippen molar-refractivity contribution in [2.75, 3.05) is 13.2 Å². The largest absolute Gasteiger partial charge is 0.505 e. The maximum Gasteiger partial charge on any atom is 0.257 e. The highest BCUT2D eigenvalue weighted by Crippen LogP contribution is 2.40. The number of nitrogens with one attached hydrogen (secondary N) is 1. The van der Waals surface area contributed by atoms with Gasteiger partial charge in [-0.2, -0.15) is 0 Å². The van der Waals surface area contributed by atoms with Gasteiger partial charge in [-0.15, -0.1) is 0 Å². The Hall–Kier alpha value is -3.57. The number of carbonyl (C=O) groups is 1. The van der Waals surface area contributed by atoms with Crippen LogP contribution in [0.1, 0.15) is 23.5 Å². The van der Waals surface area contributed by atoms with E-state index in [2.05, 4.69) is 10.3 Å². The lowest BCUT2D eigenvalue weighted by Crippen LogP contribution is -2.30. The van der Waals surface area contributed by atoms with Gasteiger partial charge in [0.05, 0.1) is 5.02 Å². The monoisotopic (exact) mass is 446 g/mol. The van der Waals surface area contributed by atoms with Gasteiger partial charge >= 0.3 is 0 Å². The van der Waals surface area contributed by atoms with Crippen molar-refractivity contribution < 1.29 is 14.6 Å². The Balaban J connectivity index is 1.51. The summed E-state index contributed by atoms with van der Waals surface area (Å²) in [6.45, 7) is 0.352. The van der Waals surface area contributed by atoms with E-state index in [0.717, 1.165) is 5.56 Å².